The third-order valence-electron chi connectivity index (χ3n) is 7.42. The normalized spacial score (nSPS) is 16.0. The summed E-state index contributed by atoms with van der Waals surface area (Å²) >= 11 is 0. The number of aliphatic hydroxyl groups excluding tert-OH is 1. The van der Waals surface area contributed by atoms with Crippen LogP contribution in [0.4, 0.5) is 0 Å². The smallest absolute Gasteiger partial charge is 0.339 e. The fraction of sp³-hybridized carbons (Fsp3) is 0.273. The second-order valence-corrected chi connectivity index (χ2v) is 13.6. The molecule has 0 saturated carbocycles. The molecule has 0 bridgehead atoms. The number of esters is 1. The van der Waals surface area contributed by atoms with Gasteiger partial charge in [-0.15, -0.1) is 0 Å². The summed E-state index contributed by atoms with van der Waals surface area (Å²) in [5, 5.41) is 11.9. The van der Waals surface area contributed by atoms with Gasteiger partial charge in [0.25, 0.3) is 0 Å². The van der Waals surface area contributed by atoms with E-state index < -0.39 is 32.7 Å². The number of carbonyl (C=O) groups is 1. The number of rotatable bonds is 9. The van der Waals surface area contributed by atoms with Crippen LogP contribution in [0.5, 0.6) is 0 Å². The number of cyclic esters (lactones) is 1. The second-order valence-electron chi connectivity index (χ2n) is 11.7. The molecule has 4 aromatic rings. The predicted molar refractivity (Wildman–Crippen MR) is 157 cm³/mol. The summed E-state index contributed by atoms with van der Waals surface area (Å²) < 4.78 is 32.0. The average molecular weight is 571 g/mol. The number of nitrogens with zero attached hydrogens (tertiary/aromatic N) is 1. The van der Waals surface area contributed by atoms with Crippen molar-refractivity contribution in [3.63, 3.8) is 0 Å². The zero-order valence-corrected chi connectivity index (χ0v) is 24.2. The molecule has 41 heavy (non-hydrogen) atoms. The predicted octanol–water partition coefficient (Wildman–Crippen LogP) is 6.11. The Morgan fingerprint density at radius 1 is 0.902 bits per heavy atom. The number of carbonyl (C=O) groups excluding carboxylic acids is 1. The quantitative estimate of drug-likeness (QED) is 0.235. The first kappa shape index (κ1) is 28.4. The number of aromatic amines is 1. The molecule has 1 unspecified atom stereocenters. The minimum absolute atomic E-state index is 0.0799. The van der Waals surface area contributed by atoms with Gasteiger partial charge in [-0.25, -0.2) is 18.2 Å². The van der Waals surface area contributed by atoms with Crippen molar-refractivity contribution in [1.29, 1.82) is 0 Å². The number of aromatic nitrogens is 2. The van der Waals surface area contributed by atoms with Crippen LogP contribution in [0.2, 0.25) is 0 Å². The van der Waals surface area contributed by atoms with E-state index in [1.807, 2.05) is 87.5 Å². The molecule has 0 amide bonds. The van der Waals surface area contributed by atoms with Gasteiger partial charge >= 0.3 is 5.97 Å². The van der Waals surface area contributed by atoms with Crippen LogP contribution in [0.15, 0.2) is 114 Å². The SMILES string of the molecule is CC(C)(C)C(C1=C(O)C(Cc2ccccc2)(Cc2ccccc2)OC1=O)c1cccc(CS(=O)(=O)c2ncc[nH]2)c1. The van der Waals surface area contributed by atoms with Crippen molar-refractivity contribution in [1.82, 2.24) is 9.97 Å². The van der Waals surface area contributed by atoms with Gasteiger partial charge in [-0.1, -0.05) is 106 Å². The number of imidazole rings is 1. The number of nitrogens with one attached hydrogen (secondary N) is 1. The maximum Gasteiger partial charge on any atom is 0.339 e. The van der Waals surface area contributed by atoms with E-state index in [2.05, 4.69) is 9.97 Å². The van der Waals surface area contributed by atoms with E-state index in [9.17, 15) is 18.3 Å². The summed E-state index contributed by atoms with van der Waals surface area (Å²) in [6.45, 7) is 5.98. The first-order valence-corrected chi connectivity index (χ1v) is 15.2. The van der Waals surface area contributed by atoms with Crippen molar-refractivity contribution in [2.24, 2.45) is 5.41 Å². The lowest BCUT2D eigenvalue weighted by Crippen LogP contribution is -2.37. The zero-order valence-electron chi connectivity index (χ0n) is 23.4. The van der Waals surface area contributed by atoms with Gasteiger partial charge in [-0.05, 0) is 27.7 Å². The Bertz CT molecular complexity index is 1610. The fourth-order valence-electron chi connectivity index (χ4n) is 5.70. The maximum atomic E-state index is 13.8. The molecule has 0 aliphatic carbocycles. The van der Waals surface area contributed by atoms with Gasteiger partial charge in [-0.2, -0.15) is 0 Å². The molecule has 1 aliphatic rings. The Kier molecular flexibility index (Phi) is 7.62. The van der Waals surface area contributed by atoms with Crippen LogP contribution in [-0.4, -0.2) is 35.1 Å². The number of ether oxygens (including phenoxy) is 1. The number of hydrogen-bond acceptors (Lipinski definition) is 6. The molecule has 0 saturated heterocycles. The molecule has 2 heterocycles. The summed E-state index contributed by atoms with van der Waals surface area (Å²) in [5.74, 6) is -1.46. The summed E-state index contributed by atoms with van der Waals surface area (Å²) in [7, 11) is -3.70. The summed E-state index contributed by atoms with van der Waals surface area (Å²) in [5.41, 5.74) is 1.55. The number of hydrogen-bond donors (Lipinski definition) is 2. The maximum absolute atomic E-state index is 13.8. The lowest BCUT2D eigenvalue weighted by Gasteiger charge is -2.32. The molecule has 8 heteroatoms. The van der Waals surface area contributed by atoms with E-state index in [0.29, 0.717) is 18.4 Å². The number of aliphatic hydroxyl groups is 1. The van der Waals surface area contributed by atoms with E-state index in [1.54, 1.807) is 18.2 Å². The molecule has 2 N–H and O–H groups in total. The van der Waals surface area contributed by atoms with E-state index in [0.717, 1.165) is 16.7 Å². The highest BCUT2D eigenvalue weighted by Crippen LogP contribution is 2.49. The zero-order chi connectivity index (χ0) is 29.3. The third-order valence-corrected chi connectivity index (χ3v) is 8.95. The number of benzene rings is 3. The molecule has 3 aromatic carbocycles. The molecule has 212 valence electrons. The fourth-order valence-corrected chi connectivity index (χ4v) is 6.93. The molecule has 0 spiro atoms. The van der Waals surface area contributed by atoms with Crippen LogP contribution in [-0.2, 0) is 38.0 Å². The topological polar surface area (TPSA) is 109 Å². The Balaban J connectivity index is 1.59. The van der Waals surface area contributed by atoms with E-state index in [-0.39, 0.29) is 22.2 Å². The van der Waals surface area contributed by atoms with Crippen LogP contribution in [0.1, 0.15) is 48.9 Å². The van der Waals surface area contributed by atoms with Gasteiger partial charge in [-0.3, -0.25) is 0 Å². The molecule has 0 radical (unpaired) electrons. The van der Waals surface area contributed by atoms with Gasteiger partial charge in [0, 0.05) is 31.2 Å². The van der Waals surface area contributed by atoms with Crippen molar-refractivity contribution in [2.45, 2.75) is 56.0 Å². The molecular weight excluding hydrogens is 536 g/mol. The van der Waals surface area contributed by atoms with Crippen LogP contribution in [0.25, 0.3) is 0 Å². The van der Waals surface area contributed by atoms with Gasteiger partial charge in [0.15, 0.2) is 5.60 Å². The molecule has 5 rings (SSSR count). The van der Waals surface area contributed by atoms with E-state index >= 15 is 0 Å². The lowest BCUT2D eigenvalue weighted by atomic mass is 9.71. The summed E-state index contributed by atoms with van der Waals surface area (Å²) in [4.78, 5) is 20.3. The van der Waals surface area contributed by atoms with Crippen molar-refractivity contribution in [3.8, 4) is 0 Å². The molecule has 1 atom stereocenters. The first-order chi connectivity index (χ1) is 19.5. The van der Waals surface area contributed by atoms with Gasteiger partial charge in [0.05, 0.1) is 11.3 Å². The van der Waals surface area contributed by atoms with Crippen molar-refractivity contribution >= 4 is 15.8 Å². The molecular formula is C33H34N2O5S. The Morgan fingerprint density at radius 3 is 2.02 bits per heavy atom. The molecule has 0 fully saturated rings. The first-order valence-electron chi connectivity index (χ1n) is 13.5. The van der Waals surface area contributed by atoms with Gasteiger partial charge < -0.3 is 14.8 Å². The Morgan fingerprint density at radius 2 is 1.49 bits per heavy atom. The molecule has 1 aliphatic heterocycles. The minimum atomic E-state index is -3.70. The number of H-pyrrole nitrogens is 1. The third kappa shape index (κ3) is 5.98. The minimum Gasteiger partial charge on any atom is -0.507 e. The standard InChI is InChI=1S/C33H34N2O5S/c1-32(2,3)28(26-16-10-15-25(19-26)22-41(38,39)31-34-17-18-35-31)27-29(36)33(40-30(27)37,20-23-11-6-4-7-12-23)21-24-13-8-5-9-14-24/h4-19,28,36H,20-22H2,1-3H3,(H,34,35). The number of sulfone groups is 1. The average Bonchev–Trinajstić information content (AvgIpc) is 3.54. The van der Waals surface area contributed by atoms with Gasteiger partial charge in [0.2, 0.25) is 15.0 Å². The Labute approximate surface area is 240 Å². The highest BCUT2D eigenvalue weighted by Gasteiger charge is 2.52. The largest absolute Gasteiger partial charge is 0.507 e. The summed E-state index contributed by atoms with van der Waals surface area (Å²) in [6.07, 6.45) is 3.48. The van der Waals surface area contributed by atoms with E-state index in [4.69, 9.17) is 4.74 Å². The monoisotopic (exact) mass is 570 g/mol. The highest BCUT2D eigenvalue weighted by atomic mass is 32.2. The molecule has 7 nitrogen and oxygen atoms in total. The second kappa shape index (κ2) is 11.0. The van der Waals surface area contributed by atoms with E-state index in [1.165, 1.54) is 12.4 Å². The van der Waals surface area contributed by atoms with Crippen molar-refractivity contribution in [3.05, 3.63) is 131 Å². The summed E-state index contributed by atoms with van der Waals surface area (Å²) in [6, 6.07) is 26.5. The van der Waals surface area contributed by atoms with Crippen LogP contribution in [0.3, 0.4) is 0 Å². The van der Waals surface area contributed by atoms with Crippen LogP contribution in [0, 0.1) is 5.41 Å². The van der Waals surface area contributed by atoms with Crippen LogP contribution < -0.4 is 0 Å². The van der Waals surface area contributed by atoms with Crippen molar-refractivity contribution < 1.29 is 23.1 Å². The van der Waals surface area contributed by atoms with Crippen LogP contribution >= 0.6 is 0 Å². The Hall–Kier alpha value is -4.17. The van der Waals surface area contributed by atoms with Gasteiger partial charge in [0.1, 0.15) is 5.76 Å². The lowest BCUT2D eigenvalue weighted by molar-refractivity contribution is -0.148. The molecule has 1 aromatic heterocycles. The highest BCUT2D eigenvalue weighted by molar-refractivity contribution is 7.90. The van der Waals surface area contributed by atoms with Crippen molar-refractivity contribution in [2.75, 3.05) is 0 Å².